The predicted octanol–water partition coefficient (Wildman–Crippen LogP) is 3.00. The summed E-state index contributed by atoms with van der Waals surface area (Å²) in [6.07, 6.45) is 3.80. The third kappa shape index (κ3) is 2.25. The van der Waals surface area contributed by atoms with E-state index in [9.17, 15) is 0 Å². The number of nitrogens with two attached hydrogens (primary N) is 1. The second kappa shape index (κ2) is 4.93. The standard InChI is InChI=1S/C11H12BrN3S/c1-16-10-6-14-15(11(10)13)7-8-4-2-3-5-9(8)12/h2-6H,7,13H2,1H3. The van der Waals surface area contributed by atoms with E-state index in [0.29, 0.717) is 6.54 Å². The van der Waals surface area contributed by atoms with Crippen molar-refractivity contribution >= 4 is 33.5 Å². The topological polar surface area (TPSA) is 43.8 Å². The van der Waals surface area contributed by atoms with Gasteiger partial charge in [-0.25, -0.2) is 4.68 Å². The van der Waals surface area contributed by atoms with E-state index in [1.807, 2.05) is 29.1 Å². The van der Waals surface area contributed by atoms with Gasteiger partial charge in [-0.3, -0.25) is 0 Å². The quantitative estimate of drug-likeness (QED) is 0.886. The average molecular weight is 298 g/mol. The highest BCUT2D eigenvalue weighted by Crippen LogP contribution is 2.24. The number of nitrogens with zero attached hydrogens (tertiary/aromatic N) is 2. The Balaban J connectivity index is 2.27. The van der Waals surface area contributed by atoms with Crippen LogP contribution in [0.4, 0.5) is 5.82 Å². The lowest BCUT2D eigenvalue weighted by molar-refractivity contribution is 0.694. The van der Waals surface area contributed by atoms with E-state index in [1.54, 1.807) is 18.0 Å². The van der Waals surface area contributed by atoms with Gasteiger partial charge in [0.25, 0.3) is 0 Å². The van der Waals surface area contributed by atoms with Crippen molar-refractivity contribution in [3.05, 3.63) is 40.5 Å². The Labute approximate surface area is 107 Å². The third-order valence-electron chi connectivity index (χ3n) is 2.34. The van der Waals surface area contributed by atoms with Crippen LogP contribution in [0.5, 0.6) is 0 Å². The first-order valence-corrected chi connectivity index (χ1v) is 6.83. The van der Waals surface area contributed by atoms with Gasteiger partial charge >= 0.3 is 0 Å². The molecule has 0 amide bonds. The molecule has 0 aliphatic heterocycles. The zero-order chi connectivity index (χ0) is 11.5. The Kier molecular flexibility index (Phi) is 3.56. The van der Waals surface area contributed by atoms with Gasteiger partial charge in [0.15, 0.2) is 0 Å². The van der Waals surface area contributed by atoms with E-state index >= 15 is 0 Å². The Morgan fingerprint density at radius 3 is 2.81 bits per heavy atom. The fourth-order valence-corrected chi connectivity index (χ4v) is 2.33. The summed E-state index contributed by atoms with van der Waals surface area (Å²) < 4.78 is 2.89. The summed E-state index contributed by atoms with van der Waals surface area (Å²) in [6, 6.07) is 8.08. The number of hydrogen-bond donors (Lipinski definition) is 1. The van der Waals surface area contributed by atoms with Crippen LogP contribution in [0.1, 0.15) is 5.56 Å². The van der Waals surface area contributed by atoms with Gasteiger partial charge in [-0.2, -0.15) is 5.10 Å². The first-order chi connectivity index (χ1) is 7.72. The highest BCUT2D eigenvalue weighted by molar-refractivity contribution is 9.10. The molecule has 0 spiro atoms. The number of hydrogen-bond acceptors (Lipinski definition) is 3. The zero-order valence-corrected chi connectivity index (χ0v) is 11.3. The predicted molar refractivity (Wildman–Crippen MR) is 71.7 cm³/mol. The van der Waals surface area contributed by atoms with E-state index in [0.717, 1.165) is 15.2 Å². The maximum Gasteiger partial charge on any atom is 0.135 e. The monoisotopic (exact) mass is 297 g/mol. The molecule has 16 heavy (non-hydrogen) atoms. The minimum atomic E-state index is 0.688. The molecule has 0 unspecified atom stereocenters. The molecule has 1 heterocycles. The number of benzene rings is 1. The summed E-state index contributed by atoms with van der Waals surface area (Å²) in [4.78, 5) is 1.02. The summed E-state index contributed by atoms with van der Waals surface area (Å²) >= 11 is 5.13. The molecule has 0 aliphatic rings. The van der Waals surface area contributed by atoms with Crippen molar-refractivity contribution in [3.63, 3.8) is 0 Å². The van der Waals surface area contributed by atoms with Crippen LogP contribution in [0.3, 0.4) is 0 Å². The summed E-state index contributed by atoms with van der Waals surface area (Å²) in [5.41, 5.74) is 7.15. The number of rotatable bonds is 3. The number of aromatic nitrogens is 2. The molecular formula is C11H12BrN3S. The van der Waals surface area contributed by atoms with Crippen LogP contribution in [-0.4, -0.2) is 16.0 Å². The lowest BCUT2D eigenvalue weighted by atomic mass is 10.2. The summed E-state index contributed by atoms with van der Waals surface area (Å²) in [5, 5.41) is 4.27. The number of thioether (sulfide) groups is 1. The zero-order valence-electron chi connectivity index (χ0n) is 8.85. The van der Waals surface area contributed by atoms with Crippen molar-refractivity contribution in [3.8, 4) is 0 Å². The molecule has 0 saturated heterocycles. The first kappa shape index (κ1) is 11.5. The van der Waals surface area contributed by atoms with E-state index < -0.39 is 0 Å². The molecule has 2 rings (SSSR count). The van der Waals surface area contributed by atoms with Gasteiger partial charge in [-0.1, -0.05) is 34.1 Å². The molecular weight excluding hydrogens is 286 g/mol. The van der Waals surface area contributed by atoms with Gasteiger partial charge < -0.3 is 5.73 Å². The molecule has 0 bridgehead atoms. The molecule has 2 N–H and O–H groups in total. The molecule has 2 aromatic rings. The van der Waals surface area contributed by atoms with Crippen molar-refractivity contribution in [1.82, 2.24) is 9.78 Å². The lowest BCUT2D eigenvalue weighted by Gasteiger charge is -2.06. The average Bonchev–Trinajstić information content (AvgIpc) is 2.63. The van der Waals surface area contributed by atoms with Crippen LogP contribution in [0, 0.1) is 0 Å². The van der Waals surface area contributed by atoms with Crippen LogP contribution in [0.25, 0.3) is 0 Å². The van der Waals surface area contributed by atoms with Crippen molar-refractivity contribution in [2.75, 3.05) is 12.0 Å². The number of halogens is 1. The number of anilines is 1. The highest BCUT2D eigenvalue weighted by atomic mass is 79.9. The summed E-state index contributed by atoms with van der Waals surface area (Å²) in [6.45, 7) is 0.688. The van der Waals surface area contributed by atoms with E-state index in [2.05, 4.69) is 27.1 Å². The molecule has 3 nitrogen and oxygen atoms in total. The van der Waals surface area contributed by atoms with Crippen molar-refractivity contribution in [2.24, 2.45) is 0 Å². The molecule has 5 heteroatoms. The minimum Gasteiger partial charge on any atom is -0.383 e. The van der Waals surface area contributed by atoms with E-state index in [4.69, 9.17) is 5.73 Å². The van der Waals surface area contributed by atoms with Crippen molar-refractivity contribution < 1.29 is 0 Å². The smallest absolute Gasteiger partial charge is 0.135 e. The molecule has 84 valence electrons. The van der Waals surface area contributed by atoms with Gasteiger partial charge in [0.2, 0.25) is 0 Å². The second-order valence-electron chi connectivity index (χ2n) is 3.35. The maximum atomic E-state index is 5.98. The lowest BCUT2D eigenvalue weighted by Crippen LogP contribution is -2.06. The van der Waals surface area contributed by atoms with E-state index in [-0.39, 0.29) is 0 Å². The Hall–Kier alpha value is -0.940. The minimum absolute atomic E-state index is 0.688. The van der Waals surface area contributed by atoms with Gasteiger partial charge in [-0.15, -0.1) is 11.8 Å². The van der Waals surface area contributed by atoms with Crippen molar-refractivity contribution in [2.45, 2.75) is 11.4 Å². The SMILES string of the molecule is CSc1cnn(Cc2ccccc2Br)c1N. The maximum absolute atomic E-state index is 5.98. The molecule has 0 saturated carbocycles. The molecule has 0 fully saturated rings. The van der Waals surface area contributed by atoms with Gasteiger partial charge in [0.1, 0.15) is 5.82 Å². The second-order valence-corrected chi connectivity index (χ2v) is 5.05. The van der Waals surface area contributed by atoms with Crippen LogP contribution < -0.4 is 5.73 Å². The van der Waals surface area contributed by atoms with Crippen LogP contribution in [0.2, 0.25) is 0 Å². The third-order valence-corrected chi connectivity index (χ3v) is 3.87. The van der Waals surface area contributed by atoms with Crippen LogP contribution >= 0.6 is 27.7 Å². The fraction of sp³-hybridized carbons (Fsp3) is 0.182. The molecule has 1 aromatic heterocycles. The first-order valence-electron chi connectivity index (χ1n) is 4.81. The fourth-order valence-electron chi connectivity index (χ4n) is 1.45. The largest absolute Gasteiger partial charge is 0.383 e. The van der Waals surface area contributed by atoms with Gasteiger partial charge in [-0.05, 0) is 17.9 Å². The molecule has 0 radical (unpaired) electrons. The van der Waals surface area contributed by atoms with E-state index in [1.165, 1.54) is 5.56 Å². The Morgan fingerprint density at radius 2 is 2.19 bits per heavy atom. The number of nitrogen functional groups attached to an aromatic ring is 1. The van der Waals surface area contributed by atoms with Crippen LogP contribution in [-0.2, 0) is 6.54 Å². The van der Waals surface area contributed by atoms with Gasteiger partial charge in [0.05, 0.1) is 17.6 Å². The molecule has 0 atom stereocenters. The molecule has 1 aromatic carbocycles. The van der Waals surface area contributed by atoms with Crippen molar-refractivity contribution in [1.29, 1.82) is 0 Å². The Bertz CT molecular complexity index is 496. The van der Waals surface area contributed by atoms with Crippen LogP contribution in [0.15, 0.2) is 39.8 Å². The molecule has 0 aliphatic carbocycles. The summed E-state index contributed by atoms with van der Waals surface area (Å²) in [5.74, 6) is 0.725. The Morgan fingerprint density at radius 1 is 1.44 bits per heavy atom. The summed E-state index contributed by atoms with van der Waals surface area (Å²) in [7, 11) is 0. The highest BCUT2D eigenvalue weighted by Gasteiger charge is 2.07. The normalized spacial score (nSPS) is 10.6. The van der Waals surface area contributed by atoms with Gasteiger partial charge in [0, 0.05) is 4.47 Å².